The van der Waals surface area contributed by atoms with E-state index in [4.69, 9.17) is 0 Å². The molecule has 0 aliphatic carbocycles. The van der Waals surface area contributed by atoms with Crippen LogP contribution in [0.2, 0.25) is 0 Å². The number of benzene rings is 1. The molecule has 0 aliphatic heterocycles. The third-order valence-corrected chi connectivity index (χ3v) is 5.56. The number of carbonyl (C=O) groups is 1. The summed E-state index contributed by atoms with van der Waals surface area (Å²) in [6.45, 7) is 5.08. The fourth-order valence-electron chi connectivity index (χ4n) is 2.98. The van der Waals surface area contributed by atoms with Crippen molar-refractivity contribution in [2.24, 2.45) is 0 Å². The predicted octanol–water partition coefficient (Wildman–Crippen LogP) is 4.53. The molecule has 0 saturated heterocycles. The number of carbonyl (C=O) groups excluding carboxylic acids is 1. The lowest BCUT2D eigenvalue weighted by atomic mass is 10.2. The molecule has 6 nitrogen and oxygen atoms in total. The fourth-order valence-corrected chi connectivity index (χ4v) is 3.43. The van der Waals surface area contributed by atoms with Gasteiger partial charge in [-0.15, -0.1) is 0 Å². The first-order chi connectivity index (χ1) is 13.7. The van der Waals surface area contributed by atoms with Crippen LogP contribution in [0.15, 0.2) is 28.7 Å². The summed E-state index contributed by atoms with van der Waals surface area (Å²) in [5.74, 6) is -0.763. The van der Waals surface area contributed by atoms with Gasteiger partial charge in [-0.25, -0.2) is 13.2 Å². The number of hydrogen-bond donors (Lipinski definition) is 1. The van der Waals surface area contributed by atoms with E-state index in [0.717, 1.165) is 0 Å². The lowest BCUT2D eigenvalue weighted by Gasteiger charge is -2.09. The van der Waals surface area contributed by atoms with E-state index < -0.39 is 18.0 Å². The van der Waals surface area contributed by atoms with Crippen LogP contribution in [-0.2, 0) is 17.9 Å². The zero-order chi connectivity index (χ0) is 21.3. The van der Waals surface area contributed by atoms with E-state index in [1.165, 1.54) is 10.7 Å². The number of amides is 1. The van der Waals surface area contributed by atoms with Gasteiger partial charge in [0.2, 0.25) is 5.91 Å². The summed E-state index contributed by atoms with van der Waals surface area (Å²) < 4.78 is 42.9. The number of nitrogens with one attached hydrogen (secondary N) is 1. The van der Waals surface area contributed by atoms with Crippen LogP contribution in [-0.4, -0.2) is 25.5 Å². The van der Waals surface area contributed by atoms with Gasteiger partial charge in [0.1, 0.15) is 18.1 Å². The van der Waals surface area contributed by atoms with Crippen molar-refractivity contribution in [3.63, 3.8) is 0 Å². The number of anilines is 1. The molecule has 0 atom stereocenters. The van der Waals surface area contributed by atoms with Gasteiger partial charge >= 0.3 is 0 Å². The molecule has 0 spiro atoms. The molecular weight excluding hydrogens is 451 g/mol. The van der Waals surface area contributed by atoms with Crippen LogP contribution in [0.25, 0.3) is 0 Å². The Kier molecular flexibility index (Phi) is 6.11. The lowest BCUT2D eigenvalue weighted by Crippen LogP contribution is -2.21. The van der Waals surface area contributed by atoms with Crippen LogP contribution in [0, 0.1) is 26.6 Å². The van der Waals surface area contributed by atoms with Crippen molar-refractivity contribution in [2.45, 2.75) is 40.3 Å². The molecule has 0 unspecified atom stereocenters. The van der Waals surface area contributed by atoms with Crippen molar-refractivity contribution in [1.82, 2.24) is 19.6 Å². The maximum atomic E-state index is 13.9. The zero-order valence-corrected chi connectivity index (χ0v) is 17.6. The second kappa shape index (κ2) is 8.40. The molecule has 0 radical (unpaired) electrons. The van der Waals surface area contributed by atoms with E-state index >= 15 is 0 Å². The van der Waals surface area contributed by atoms with E-state index in [2.05, 4.69) is 31.4 Å². The van der Waals surface area contributed by atoms with Crippen molar-refractivity contribution in [3.05, 3.63) is 62.9 Å². The van der Waals surface area contributed by atoms with Crippen molar-refractivity contribution in [2.75, 3.05) is 5.32 Å². The average Bonchev–Trinajstić information content (AvgIpc) is 3.08. The number of aromatic nitrogens is 4. The summed E-state index contributed by atoms with van der Waals surface area (Å²) in [4.78, 5) is 12.5. The first-order valence-corrected chi connectivity index (χ1v) is 9.56. The molecule has 3 aromatic rings. The highest BCUT2D eigenvalue weighted by Crippen LogP contribution is 2.29. The molecule has 10 heteroatoms. The summed E-state index contributed by atoms with van der Waals surface area (Å²) in [6.07, 6.45) is -2.74. The molecule has 29 heavy (non-hydrogen) atoms. The van der Waals surface area contributed by atoms with E-state index in [0.29, 0.717) is 28.3 Å². The van der Waals surface area contributed by atoms with Gasteiger partial charge in [-0.05, 0) is 42.8 Å². The van der Waals surface area contributed by atoms with Gasteiger partial charge in [-0.1, -0.05) is 18.2 Å². The number of rotatable bonds is 6. The Morgan fingerprint density at radius 1 is 1.14 bits per heavy atom. The summed E-state index contributed by atoms with van der Waals surface area (Å²) in [7, 11) is 0. The van der Waals surface area contributed by atoms with Crippen molar-refractivity contribution < 1.29 is 18.0 Å². The Morgan fingerprint density at radius 2 is 1.83 bits per heavy atom. The van der Waals surface area contributed by atoms with Gasteiger partial charge in [0.05, 0.1) is 33.8 Å². The van der Waals surface area contributed by atoms with E-state index in [1.807, 2.05) is 0 Å². The standard InChI is InChI=1S/C19H19BrF3N5O/c1-10-17(12(3)27(25-10)8-13-6-4-5-7-14(13)21)24-15(29)9-28-11(2)16(20)18(26-28)19(22)23/h4-7,19H,8-9H2,1-3H3,(H,24,29). The number of hydrogen-bond acceptors (Lipinski definition) is 3. The minimum absolute atomic E-state index is 0.186. The predicted molar refractivity (Wildman–Crippen MR) is 105 cm³/mol. The number of halogens is 4. The number of nitrogens with zero attached hydrogens (tertiary/aromatic N) is 4. The monoisotopic (exact) mass is 469 g/mol. The van der Waals surface area contributed by atoms with Crippen molar-refractivity contribution in [3.8, 4) is 0 Å². The molecule has 0 aliphatic rings. The Labute approximate surface area is 173 Å². The molecule has 1 N–H and O–H groups in total. The van der Waals surface area contributed by atoms with Gasteiger partial charge in [0, 0.05) is 5.56 Å². The Morgan fingerprint density at radius 3 is 2.45 bits per heavy atom. The molecule has 0 saturated carbocycles. The molecule has 3 rings (SSSR count). The van der Waals surface area contributed by atoms with E-state index in [9.17, 15) is 18.0 Å². The second-order valence-electron chi connectivity index (χ2n) is 6.59. The highest BCUT2D eigenvalue weighted by Gasteiger charge is 2.22. The Balaban J connectivity index is 1.77. The Bertz CT molecular complexity index is 1060. The number of aryl methyl sites for hydroxylation is 1. The molecule has 0 bridgehead atoms. The third-order valence-electron chi connectivity index (χ3n) is 4.58. The third kappa shape index (κ3) is 4.36. The molecule has 1 amide bonds. The van der Waals surface area contributed by atoms with Crippen LogP contribution in [0.5, 0.6) is 0 Å². The summed E-state index contributed by atoms with van der Waals surface area (Å²) in [5.41, 5.74) is 2.24. The summed E-state index contributed by atoms with van der Waals surface area (Å²) in [6, 6.07) is 6.40. The number of alkyl halides is 2. The van der Waals surface area contributed by atoms with E-state index in [-0.39, 0.29) is 23.4 Å². The smallest absolute Gasteiger partial charge is 0.283 e. The lowest BCUT2D eigenvalue weighted by molar-refractivity contribution is -0.117. The maximum Gasteiger partial charge on any atom is 0.283 e. The van der Waals surface area contributed by atoms with Crippen LogP contribution < -0.4 is 5.32 Å². The highest BCUT2D eigenvalue weighted by molar-refractivity contribution is 9.10. The van der Waals surface area contributed by atoms with Crippen LogP contribution in [0.1, 0.15) is 34.8 Å². The van der Waals surface area contributed by atoms with Crippen LogP contribution >= 0.6 is 15.9 Å². The van der Waals surface area contributed by atoms with Crippen LogP contribution in [0.4, 0.5) is 18.9 Å². The normalized spacial score (nSPS) is 11.3. The first kappa shape index (κ1) is 21.1. The summed E-state index contributed by atoms with van der Waals surface area (Å²) in [5, 5.41) is 10.9. The van der Waals surface area contributed by atoms with Gasteiger partial charge < -0.3 is 5.32 Å². The fraction of sp³-hybridized carbons (Fsp3) is 0.316. The topological polar surface area (TPSA) is 64.7 Å². The van der Waals surface area contributed by atoms with Gasteiger partial charge in [0.15, 0.2) is 0 Å². The minimum atomic E-state index is -2.74. The second-order valence-corrected chi connectivity index (χ2v) is 7.38. The van der Waals surface area contributed by atoms with Gasteiger partial charge in [-0.3, -0.25) is 14.2 Å². The first-order valence-electron chi connectivity index (χ1n) is 8.77. The molecule has 2 heterocycles. The minimum Gasteiger partial charge on any atom is -0.321 e. The molecule has 1 aromatic carbocycles. The quantitative estimate of drug-likeness (QED) is 0.576. The highest BCUT2D eigenvalue weighted by atomic mass is 79.9. The average molecular weight is 470 g/mol. The van der Waals surface area contributed by atoms with Crippen LogP contribution in [0.3, 0.4) is 0 Å². The van der Waals surface area contributed by atoms with Crippen molar-refractivity contribution in [1.29, 1.82) is 0 Å². The van der Waals surface area contributed by atoms with Gasteiger partial charge in [-0.2, -0.15) is 10.2 Å². The SMILES string of the molecule is Cc1nn(Cc2ccccc2F)c(C)c1NC(=O)Cn1nc(C(F)F)c(Br)c1C. The summed E-state index contributed by atoms with van der Waals surface area (Å²) >= 11 is 3.08. The van der Waals surface area contributed by atoms with Crippen molar-refractivity contribution >= 4 is 27.5 Å². The van der Waals surface area contributed by atoms with Gasteiger partial charge in [0.25, 0.3) is 6.43 Å². The largest absolute Gasteiger partial charge is 0.321 e. The molecule has 2 aromatic heterocycles. The molecule has 154 valence electrons. The molecule has 0 fully saturated rings. The zero-order valence-electron chi connectivity index (χ0n) is 16.0. The Hall–Kier alpha value is -2.62. The molecular formula is C19H19BrF3N5O. The maximum absolute atomic E-state index is 13.9. The van der Waals surface area contributed by atoms with E-state index in [1.54, 1.807) is 43.7 Å².